The summed E-state index contributed by atoms with van der Waals surface area (Å²) in [5.41, 5.74) is 0. The average molecular weight is 316 g/mol. The van der Waals surface area contributed by atoms with Crippen LogP contribution < -0.4 is 0 Å². The van der Waals surface area contributed by atoms with Crippen LogP contribution in [0.15, 0.2) is 23.1 Å². The topological polar surface area (TPSA) is 40.6 Å². The third kappa shape index (κ3) is 2.47. The zero-order chi connectivity index (χ0) is 15.2. The predicted molar refractivity (Wildman–Crippen MR) is 74.3 cm³/mol. The maximum atomic E-state index is 13.8. The van der Waals surface area contributed by atoms with Gasteiger partial charge in [0.1, 0.15) is 11.6 Å². The number of nitrogens with zero attached hydrogens (tertiary/aromatic N) is 2. The van der Waals surface area contributed by atoms with Crippen molar-refractivity contribution in [1.29, 1.82) is 0 Å². The van der Waals surface area contributed by atoms with E-state index in [1.54, 1.807) is 6.92 Å². The highest BCUT2D eigenvalue weighted by Gasteiger charge is 2.42. The van der Waals surface area contributed by atoms with Gasteiger partial charge in [-0.15, -0.1) is 0 Å². The zero-order valence-corrected chi connectivity index (χ0v) is 12.6. The van der Waals surface area contributed by atoms with Crippen molar-refractivity contribution in [2.24, 2.45) is 0 Å². The Kier molecular flexibility index (Phi) is 3.75. The van der Waals surface area contributed by atoms with E-state index in [0.717, 1.165) is 31.5 Å². The standard InChI is InChI=1S/C14H18F2N2O2S/c1-10-8-17-7-3-4-11(17)9-18(10)21(19,20)14-12(15)5-2-6-13(14)16/h2,5-6,10-11H,3-4,7-9H2,1H3/t10-,11-/m0/s1. The molecule has 2 atom stereocenters. The Balaban J connectivity index is 1.98. The molecule has 0 bridgehead atoms. The van der Waals surface area contributed by atoms with Gasteiger partial charge >= 0.3 is 0 Å². The summed E-state index contributed by atoms with van der Waals surface area (Å²) in [5.74, 6) is -2.06. The van der Waals surface area contributed by atoms with Gasteiger partial charge in [-0.1, -0.05) is 6.07 Å². The van der Waals surface area contributed by atoms with Crippen LogP contribution in [0.3, 0.4) is 0 Å². The third-order valence-corrected chi connectivity index (χ3v) is 6.40. The lowest BCUT2D eigenvalue weighted by molar-refractivity contribution is 0.116. The van der Waals surface area contributed by atoms with Crippen molar-refractivity contribution in [3.8, 4) is 0 Å². The molecule has 0 saturated carbocycles. The van der Waals surface area contributed by atoms with Gasteiger partial charge in [-0.05, 0) is 38.4 Å². The van der Waals surface area contributed by atoms with Crippen LogP contribution >= 0.6 is 0 Å². The fraction of sp³-hybridized carbons (Fsp3) is 0.571. The van der Waals surface area contributed by atoms with Crippen LogP contribution in [-0.2, 0) is 10.0 Å². The minimum absolute atomic E-state index is 0.158. The summed E-state index contributed by atoms with van der Waals surface area (Å²) in [4.78, 5) is 1.43. The molecule has 4 nitrogen and oxygen atoms in total. The lowest BCUT2D eigenvalue weighted by Crippen LogP contribution is -2.56. The van der Waals surface area contributed by atoms with Gasteiger partial charge in [-0.3, -0.25) is 4.90 Å². The van der Waals surface area contributed by atoms with E-state index in [1.165, 1.54) is 10.4 Å². The molecule has 0 radical (unpaired) electrons. The summed E-state index contributed by atoms with van der Waals surface area (Å²) in [6, 6.07) is 3.00. The number of hydrogen-bond donors (Lipinski definition) is 0. The van der Waals surface area contributed by atoms with Crippen LogP contribution in [-0.4, -0.2) is 49.3 Å². The fourth-order valence-corrected chi connectivity index (χ4v) is 5.11. The molecule has 0 N–H and O–H groups in total. The van der Waals surface area contributed by atoms with E-state index in [0.29, 0.717) is 13.1 Å². The number of halogens is 2. The molecule has 1 aromatic carbocycles. The largest absolute Gasteiger partial charge is 0.297 e. The second kappa shape index (κ2) is 5.30. The van der Waals surface area contributed by atoms with Gasteiger partial charge in [0.25, 0.3) is 0 Å². The predicted octanol–water partition coefficient (Wildman–Crippen LogP) is 1.82. The molecule has 0 aliphatic carbocycles. The molecule has 2 aliphatic heterocycles. The molecule has 0 spiro atoms. The van der Waals surface area contributed by atoms with E-state index < -0.39 is 26.6 Å². The van der Waals surface area contributed by atoms with Crippen molar-refractivity contribution in [3.63, 3.8) is 0 Å². The van der Waals surface area contributed by atoms with Crippen LogP contribution in [0.2, 0.25) is 0 Å². The summed E-state index contributed by atoms with van der Waals surface area (Å²) in [6.45, 7) is 3.67. The zero-order valence-electron chi connectivity index (χ0n) is 11.8. The van der Waals surface area contributed by atoms with Gasteiger partial charge in [0, 0.05) is 25.2 Å². The lowest BCUT2D eigenvalue weighted by Gasteiger charge is -2.41. The first-order valence-electron chi connectivity index (χ1n) is 7.11. The van der Waals surface area contributed by atoms with Crippen molar-refractivity contribution in [1.82, 2.24) is 9.21 Å². The molecule has 116 valence electrons. The summed E-state index contributed by atoms with van der Waals surface area (Å²) >= 11 is 0. The molecule has 21 heavy (non-hydrogen) atoms. The number of sulfonamides is 1. The quantitative estimate of drug-likeness (QED) is 0.836. The third-order valence-electron chi connectivity index (χ3n) is 4.37. The van der Waals surface area contributed by atoms with Crippen LogP contribution in [0.5, 0.6) is 0 Å². The molecule has 0 unspecified atom stereocenters. The molecule has 2 saturated heterocycles. The van der Waals surface area contributed by atoms with E-state index in [1.807, 2.05) is 0 Å². The molecule has 1 aromatic rings. The first kappa shape index (κ1) is 14.9. The average Bonchev–Trinajstić information content (AvgIpc) is 2.84. The normalized spacial score (nSPS) is 27.8. The Morgan fingerprint density at radius 1 is 1.19 bits per heavy atom. The van der Waals surface area contributed by atoms with Gasteiger partial charge < -0.3 is 0 Å². The van der Waals surface area contributed by atoms with Crippen LogP contribution in [0.4, 0.5) is 8.78 Å². The number of rotatable bonds is 2. The Morgan fingerprint density at radius 2 is 1.86 bits per heavy atom. The minimum atomic E-state index is -4.15. The summed E-state index contributed by atoms with van der Waals surface area (Å²) in [6.07, 6.45) is 1.97. The molecule has 3 rings (SSSR count). The molecular weight excluding hydrogens is 298 g/mol. The van der Waals surface area contributed by atoms with Crippen molar-refractivity contribution in [3.05, 3.63) is 29.8 Å². The second-order valence-corrected chi connectivity index (χ2v) is 7.59. The molecule has 2 heterocycles. The van der Waals surface area contributed by atoms with E-state index in [2.05, 4.69) is 4.90 Å². The van der Waals surface area contributed by atoms with E-state index in [-0.39, 0.29) is 12.1 Å². The Bertz CT molecular complexity index is 630. The lowest BCUT2D eigenvalue weighted by atomic mass is 10.1. The van der Waals surface area contributed by atoms with Gasteiger partial charge in [0.15, 0.2) is 4.90 Å². The SMILES string of the molecule is C[C@H]1CN2CCC[C@H]2CN1S(=O)(=O)c1c(F)cccc1F. The minimum Gasteiger partial charge on any atom is -0.297 e. The number of hydrogen-bond acceptors (Lipinski definition) is 3. The monoisotopic (exact) mass is 316 g/mol. The van der Waals surface area contributed by atoms with E-state index in [4.69, 9.17) is 0 Å². The van der Waals surface area contributed by atoms with E-state index in [9.17, 15) is 17.2 Å². The number of benzene rings is 1. The van der Waals surface area contributed by atoms with Gasteiger partial charge in [-0.25, -0.2) is 17.2 Å². The number of fused-ring (bicyclic) bond motifs is 1. The highest BCUT2D eigenvalue weighted by atomic mass is 32.2. The smallest absolute Gasteiger partial charge is 0.249 e. The molecule has 0 amide bonds. The Morgan fingerprint density at radius 3 is 2.52 bits per heavy atom. The Labute approximate surface area is 123 Å². The van der Waals surface area contributed by atoms with Gasteiger partial charge in [-0.2, -0.15) is 4.31 Å². The summed E-state index contributed by atoms with van der Waals surface area (Å²) in [5, 5.41) is 0. The van der Waals surface area contributed by atoms with Gasteiger partial charge in [0.05, 0.1) is 0 Å². The van der Waals surface area contributed by atoms with Crippen molar-refractivity contribution in [2.75, 3.05) is 19.6 Å². The highest BCUT2D eigenvalue weighted by Crippen LogP contribution is 2.30. The van der Waals surface area contributed by atoms with Gasteiger partial charge in [0.2, 0.25) is 10.0 Å². The number of piperazine rings is 1. The first-order valence-corrected chi connectivity index (χ1v) is 8.55. The van der Waals surface area contributed by atoms with Crippen LogP contribution in [0, 0.1) is 11.6 Å². The van der Waals surface area contributed by atoms with E-state index >= 15 is 0 Å². The first-order chi connectivity index (χ1) is 9.91. The molecule has 2 aliphatic rings. The molecule has 2 fully saturated rings. The highest BCUT2D eigenvalue weighted by molar-refractivity contribution is 7.89. The molecular formula is C14H18F2N2O2S. The molecule has 7 heteroatoms. The Hall–Kier alpha value is -1.05. The van der Waals surface area contributed by atoms with Crippen molar-refractivity contribution in [2.45, 2.75) is 36.7 Å². The summed E-state index contributed by atoms with van der Waals surface area (Å²) < 4.78 is 54.2. The van der Waals surface area contributed by atoms with Crippen molar-refractivity contribution >= 4 is 10.0 Å². The second-order valence-electron chi connectivity index (χ2n) is 5.77. The van der Waals surface area contributed by atoms with Crippen molar-refractivity contribution < 1.29 is 17.2 Å². The fourth-order valence-electron chi connectivity index (χ4n) is 3.34. The summed E-state index contributed by atoms with van der Waals surface area (Å²) in [7, 11) is -4.15. The maximum absolute atomic E-state index is 13.8. The molecule has 0 aromatic heterocycles. The van der Waals surface area contributed by atoms with Crippen LogP contribution in [0.25, 0.3) is 0 Å². The van der Waals surface area contributed by atoms with Crippen LogP contribution in [0.1, 0.15) is 19.8 Å². The maximum Gasteiger partial charge on any atom is 0.249 e.